The van der Waals surface area contributed by atoms with Gasteiger partial charge in [-0.15, -0.1) is 0 Å². The lowest BCUT2D eigenvalue weighted by Crippen LogP contribution is -2.13. The van der Waals surface area contributed by atoms with Crippen LogP contribution in [0, 0.1) is 10.1 Å². The number of fused-ring (bicyclic) bond motifs is 2. The largest absolute Gasteiger partial charge is 0.436 e. The minimum Gasteiger partial charge on any atom is -0.436 e. The molecule has 0 spiro atoms. The molecule has 0 fully saturated rings. The molecule has 0 saturated heterocycles. The van der Waals surface area contributed by atoms with E-state index in [1.165, 1.54) is 18.2 Å². The first-order valence-corrected chi connectivity index (χ1v) is 10.0. The molecule has 1 amide bonds. The van der Waals surface area contributed by atoms with E-state index in [0.29, 0.717) is 27.7 Å². The molecule has 8 heteroatoms. The van der Waals surface area contributed by atoms with E-state index in [1.54, 1.807) is 24.3 Å². The van der Waals surface area contributed by atoms with Crippen molar-refractivity contribution >= 4 is 50.8 Å². The number of aromatic nitrogens is 1. The standard InChI is InChI=1S/C24H14ClN3O4/c25-19-9-4-6-15-16(19)7-3-8-17(15)24-27-20-13-14(11-12-22(20)32-24)26-23(29)18-5-1-2-10-21(18)28(30)31/h1-13H,(H,26,29). The molecule has 0 aliphatic heterocycles. The van der Waals surface area contributed by atoms with E-state index in [4.69, 9.17) is 16.0 Å². The Bertz CT molecular complexity index is 1530. The SMILES string of the molecule is O=C(Nc1ccc2oc(-c3cccc4c(Cl)cccc34)nc2c1)c1ccccc1[N+](=O)[O-]. The topological polar surface area (TPSA) is 98.3 Å². The smallest absolute Gasteiger partial charge is 0.282 e. The Hall–Kier alpha value is -4.23. The number of nitrogens with zero attached hydrogens (tertiary/aromatic N) is 2. The fourth-order valence-corrected chi connectivity index (χ4v) is 3.84. The van der Waals surface area contributed by atoms with Crippen molar-refractivity contribution in [2.75, 3.05) is 5.32 Å². The van der Waals surface area contributed by atoms with Crippen molar-refractivity contribution in [3.05, 3.63) is 99.6 Å². The average molecular weight is 444 g/mol. The van der Waals surface area contributed by atoms with Crippen LogP contribution in [0.5, 0.6) is 0 Å². The van der Waals surface area contributed by atoms with Gasteiger partial charge in [-0.3, -0.25) is 14.9 Å². The van der Waals surface area contributed by atoms with Gasteiger partial charge in [0.2, 0.25) is 5.89 Å². The molecule has 1 aromatic heterocycles. The van der Waals surface area contributed by atoms with Crippen LogP contribution in [0.1, 0.15) is 10.4 Å². The number of rotatable bonds is 4. The number of nitro benzene ring substituents is 1. The van der Waals surface area contributed by atoms with Gasteiger partial charge in [-0.1, -0.05) is 48.0 Å². The molecule has 0 bridgehead atoms. The van der Waals surface area contributed by atoms with Crippen LogP contribution in [-0.4, -0.2) is 15.8 Å². The van der Waals surface area contributed by atoms with Crippen LogP contribution in [0.25, 0.3) is 33.3 Å². The Kier molecular flexibility index (Phi) is 4.80. The third kappa shape index (κ3) is 3.44. The number of nitrogens with one attached hydrogen (secondary N) is 1. The molecule has 0 aliphatic carbocycles. The summed E-state index contributed by atoms with van der Waals surface area (Å²) in [7, 11) is 0. The number of benzene rings is 4. The number of anilines is 1. The summed E-state index contributed by atoms with van der Waals surface area (Å²) in [4.78, 5) is 27.8. The number of carbonyl (C=O) groups is 1. The first-order chi connectivity index (χ1) is 15.5. The third-order valence-corrected chi connectivity index (χ3v) is 5.42. The zero-order valence-electron chi connectivity index (χ0n) is 16.4. The molecule has 0 atom stereocenters. The second kappa shape index (κ2) is 7.79. The van der Waals surface area contributed by atoms with Gasteiger partial charge in [-0.2, -0.15) is 0 Å². The predicted octanol–water partition coefficient (Wildman–Crippen LogP) is 6.46. The van der Waals surface area contributed by atoms with Gasteiger partial charge in [0.05, 0.1) is 4.92 Å². The van der Waals surface area contributed by atoms with Gasteiger partial charge in [0.1, 0.15) is 11.1 Å². The van der Waals surface area contributed by atoms with E-state index in [1.807, 2.05) is 36.4 Å². The van der Waals surface area contributed by atoms with Gasteiger partial charge < -0.3 is 9.73 Å². The maximum absolute atomic E-state index is 12.6. The molecule has 1 N–H and O–H groups in total. The van der Waals surface area contributed by atoms with Gasteiger partial charge in [-0.25, -0.2) is 4.98 Å². The second-order valence-electron chi connectivity index (χ2n) is 7.07. The molecule has 0 radical (unpaired) electrons. The number of hydrogen-bond acceptors (Lipinski definition) is 5. The number of carbonyl (C=O) groups excluding carboxylic acids is 1. The first-order valence-electron chi connectivity index (χ1n) is 9.64. The van der Waals surface area contributed by atoms with E-state index in [-0.39, 0.29) is 11.3 Å². The van der Waals surface area contributed by atoms with Crippen LogP contribution in [0.15, 0.2) is 83.3 Å². The summed E-state index contributed by atoms with van der Waals surface area (Å²) in [6.45, 7) is 0. The predicted molar refractivity (Wildman–Crippen MR) is 123 cm³/mol. The summed E-state index contributed by atoms with van der Waals surface area (Å²) < 4.78 is 5.94. The number of halogens is 1. The van der Waals surface area contributed by atoms with Crippen LogP contribution in [-0.2, 0) is 0 Å². The molecule has 5 aromatic rings. The zero-order valence-corrected chi connectivity index (χ0v) is 17.2. The lowest BCUT2D eigenvalue weighted by molar-refractivity contribution is -0.385. The number of hydrogen-bond donors (Lipinski definition) is 1. The van der Waals surface area contributed by atoms with E-state index in [9.17, 15) is 14.9 Å². The quantitative estimate of drug-likeness (QED) is 0.254. The van der Waals surface area contributed by atoms with Crippen molar-refractivity contribution in [3.8, 4) is 11.5 Å². The van der Waals surface area contributed by atoms with E-state index >= 15 is 0 Å². The summed E-state index contributed by atoms with van der Waals surface area (Å²) in [5.41, 5.74) is 2.05. The number of amides is 1. The summed E-state index contributed by atoms with van der Waals surface area (Å²) in [6.07, 6.45) is 0. The molecule has 0 aliphatic rings. The number of oxazole rings is 1. The van der Waals surface area contributed by atoms with Crippen molar-refractivity contribution in [1.82, 2.24) is 4.98 Å². The molecule has 32 heavy (non-hydrogen) atoms. The van der Waals surface area contributed by atoms with Crippen molar-refractivity contribution in [2.45, 2.75) is 0 Å². The van der Waals surface area contributed by atoms with E-state index in [2.05, 4.69) is 10.3 Å². The Morgan fingerprint density at radius 3 is 2.59 bits per heavy atom. The zero-order chi connectivity index (χ0) is 22.2. The minimum atomic E-state index is -0.585. The molecule has 0 unspecified atom stereocenters. The molecular weight excluding hydrogens is 430 g/mol. The highest BCUT2D eigenvalue weighted by Gasteiger charge is 2.20. The van der Waals surface area contributed by atoms with Gasteiger partial charge in [0.25, 0.3) is 11.6 Å². The fraction of sp³-hybridized carbons (Fsp3) is 0. The van der Waals surface area contributed by atoms with Gasteiger partial charge in [0.15, 0.2) is 5.58 Å². The highest BCUT2D eigenvalue weighted by atomic mass is 35.5. The Balaban J connectivity index is 1.50. The normalized spacial score (nSPS) is 11.0. The first kappa shape index (κ1) is 19.7. The molecular formula is C24H14ClN3O4. The second-order valence-corrected chi connectivity index (χ2v) is 7.48. The summed E-state index contributed by atoms with van der Waals surface area (Å²) in [5.74, 6) is -0.154. The van der Waals surface area contributed by atoms with Crippen LogP contribution in [0.4, 0.5) is 11.4 Å². The van der Waals surface area contributed by atoms with E-state index < -0.39 is 10.8 Å². The summed E-state index contributed by atoms with van der Waals surface area (Å²) in [6, 6.07) is 22.2. The van der Waals surface area contributed by atoms with Gasteiger partial charge >= 0.3 is 0 Å². The number of para-hydroxylation sites is 1. The number of nitro groups is 1. The molecule has 156 valence electrons. The third-order valence-electron chi connectivity index (χ3n) is 5.09. The Labute approximate surface area is 186 Å². The highest BCUT2D eigenvalue weighted by molar-refractivity contribution is 6.35. The van der Waals surface area contributed by atoms with Crippen LogP contribution < -0.4 is 5.32 Å². The van der Waals surface area contributed by atoms with Crippen LogP contribution >= 0.6 is 11.6 Å². The molecule has 7 nitrogen and oxygen atoms in total. The van der Waals surface area contributed by atoms with Gasteiger partial charge in [0, 0.05) is 27.7 Å². The van der Waals surface area contributed by atoms with E-state index in [0.717, 1.165) is 16.3 Å². The van der Waals surface area contributed by atoms with Crippen molar-refractivity contribution in [3.63, 3.8) is 0 Å². The fourth-order valence-electron chi connectivity index (χ4n) is 3.60. The molecule has 4 aromatic carbocycles. The van der Waals surface area contributed by atoms with Crippen LogP contribution in [0.2, 0.25) is 5.02 Å². The molecule has 5 rings (SSSR count). The molecule has 1 heterocycles. The minimum absolute atomic E-state index is 0.0222. The van der Waals surface area contributed by atoms with Crippen molar-refractivity contribution in [1.29, 1.82) is 0 Å². The maximum Gasteiger partial charge on any atom is 0.282 e. The Morgan fingerprint density at radius 1 is 0.969 bits per heavy atom. The summed E-state index contributed by atoms with van der Waals surface area (Å²) >= 11 is 6.31. The summed E-state index contributed by atoms with van der Waals surface area (Å²) in [5, 5.41) is 16.3. The average Bonchev–Trinajstić information content (AvgIpc) is 3.22. The lowest BCUT2D eigenvalue weighted by atomic mass is 10.0. The maximum atomic E-state index is 12.6. The highest BCUT2D eigenvalue weighted by Crippen LogP contribution is 2.34. The monoisotopic (exact) mass is 443 g/mol. The lowest BCUT2D eigenvalue weighted by Gasteiger charge is -2.05. The van der Waals surface area contributed by atoms with Crippen LogP contribution in [0.3, 0.4) is 0 Å². The Morgan fingerprint density at radius 2 is 1.75 bits per heavy atom. The van der Waals surface area contributed by atoms with Gasteiger partial charge in [-0.05, 0) is 41.8 Å². The van der Waals surface area contributed by atoms with Crippen molar-refractivity contribution in [2.24, 2.45) is 0 Å². The van der Waals surface area contributed by atoms with Crippen molar-refractivity contribution < 1.29 is 14.1 Å². The molecule has 0 saturated carbocycles.